The van der Waals surface area contributed by atoms with Gasteiger partial charge in [0.05, 0.1) is 18.7 Å². The highest BCUT2D eigenvalue weighted by Gasteiger charge is 2.18. The van der Waals surface area contributed by atoms with Gasteiger partial charge in [-0.3, -0.25) is 4.79 Å². The number of benzene rings is 1. The molecule has 0 saturated heterocycles. The predicted octanol–water partition coefficient (Wildman–Crippen LogP) is 2.86. The highest BCUT2D eigenvalue weighted by Crippen LogP contribution is 2.18. The number of nitrogens with one attached hydrogen (secondary N) is 1. The quantitative estimate of drug-likeness (QED) is 0.882. The second-order valence-corrected chi connectivity index (χ2v) is 4.43. The van der Waals surface area contributed by atoms with E-state index >= 15 is 0 Å². The normalized spacial score (nSPS) is 11.8. The molecule has 0 saturated carbocycles. The van der Waals surface area contributed by atoms with E-state index in [-0.39, 0.29) is 11.6 Å². The van der Waals surface area contributed by atoms with Crippen LogP contribution in [0.4, 0.5) is 8.78 Å². The summed E-state index contributed by atoms with van der Waals surface area (Å²) in [7, 11) is 1.56. The fourth-order valence-electron chi connectivity index (χ4n) is 1.84. The Balaban J connectivity index is 2.12. The minimum Gasteiger partial charge on any atom is -0.497 e. The molecule has 2 aromatic rings. The molecule has 110 valence electrons. The van der Waals surface area contributed by atoms with Gasteiger partial charge in [-0.25, -0.2) is 9.37 Å². The van der Waals surface area contributed by atoms with E-state index in [0.29, 0.717) is 5.75 Å². The van der Waals surface area contributed by atoms with Crippen LogP contribution in [0, 0.1) is 11.8 Å². The molecule has 0 aliphatic carbocycles. The number of halogens is 2. The summed E-state index contributed by atoms with van der Waals surface area (Å²) in [6, 6.07) is 7.85. The van der Waals surface area contributed by atoms with Crippen LogP contribution in [0.15, 0.2) is 36.5 Å². The number of hydrogen-bond acceptors (Lipinski definition) is 3. The van der Waals surface area contributed by atoms with Crippen LogP contribution in [0.3, 0.4) is 0 Å². The van der Waals surface area contributed by atoms with Crippen LogP contribution in [-0.4, -0.2) is 18.0 Å². The Hall–Kier alpha value is -2.50. The lowest BCUT2D eigenvalue weighted by Gasteiger charge is -2.15. The van der Waals surface area contributed by atoms with Gasteiger partial charge in [0.2, 0.25) is 5.95 Å². The first kappa shape index (κ1) is 14.9. The van der Waals surface area contributed by atoms with Crippen LogP contribution >= 0.6 is 0 Å². The molecule has 1 aromatic carbocycles. The molecule has 0 fully saturated rings. The Labute approximate surface area is 120 Å². The van der Waals surface area contributed by atoms with Crippen molar-refractivity contribution in [2.75, 3.05) is 7.11 Å². The van der Waals surface area contributed by atoms with Gasteiger partial charge in [-0.05, 0) is 30.7 Å². The van der Waals surface area contributed by atoms with Crippen LogP contribution in [0.2, 0.25) is 0 Å². The van der Waals surface area contributed by atoms with Crippen molar-refractivity contribution < 1.29 is 18.3 Å². The van der Waals surface area contributed by atoms with Gasteiger partial charge in [0.15, 0.2) is 5.82 Å². The minimum atomic E-state index is -1.29. The van der Waals surface area contributed by atoms with E-state index in [1.54, 1.807) is 38.3 Å². The predicted molar refractivity (Wildman–Crippen MR) is 73.0 cm³/mol. The molecule has 1 heterocycles. The molecule has 1 aromatic heterocycles. The third-order valence-corrected chi connectivity index (χ3v) is 3.05. The number of pyridine rings is 1. The van der Waals surface area contributed by atoms with Crippen LogP contribution in [0.5, 0.6) is 5.75 Å². The number of hydrogen-bond donors (Lipinski definition) is 1. The molecule has 6 heteroatoms. The van der Waals surface area contributed by atoms with Gasteiger partial charge in [0.1, 0.15) is 5.75 Å². The molecule has 21 heavy (non-hydrogen) atoms. The molecular weight excluding hydrogens is 278 g/mol. The van der Waals surface area contributed by atoms with Crippen molar-refractivity contribution in [1.82, 2.24) is 10.3 Å². The Kier molecular flexibility index (Phi) is 4.47. The maximum Gasteiger partial charge on any atom is 0.254 e. The topological polar surface area (TPSA) is 51.2 Å². The minimum absolute atomic E-state index is 0.362. The maximum absolute atomic E-state index is 13.5. The Morgan fingerprint density at radius 1 is 1.24 bits per heavy atom. The van der Waals surface area contributed by atoms with Gasteiger partial charge in [-0.2, -0.15) is 4.39 Å². The second-order valence-electron chi connectivity index (χ2n) is 4.43. The van der Waals surface area contributed by atoms with E-state index in [2.05, 4.69) is 10.3 Å². The zero-order valence-electron chi connectivity index (χ0n) is 11.6. The van der Waals surface area contributed by atoms with Crippen LogP contribution < -0.4 is 10.1 Å². The lowest BCUT2D eigenvalue weighted by Crippen LogP contribution is -2.27. The number of rotatable bonds is 4. The first-order valence-electron chi connectivity index (χ1n) is 6.27. The van der Waals surface area contributed by atoms with Crippen molar-refractivity contribution in [2.45, 2.75) is 13.0 Å². The highest BCUT2D eigenvalue weighted by molar-refractivity contribution is 5.94. The van der Waals surface area contributed by atoms with Gasteiger partial charge in [0, 0.05) is 6.20 Å². The maximum atomic E-state index is 13.5. The second kappa shape index (κ2) is 6.30. The number of aromatic nitrogens is 1. The molecule has 4 nitrogen and oxygen atoms in total. The Bertz CT molecular complexity index is 645. The summed E-state index contributed by atoms with van der Waals surface area (Å²) >= 11 is 0. The van der Waals surface area contributed by atoms with E-state index in [0.717, 1.165) is 17.8 Å². The monoisotopic (exact) mass is 292 g/mol. The molecular formula is C15H14F2N2O2. The van der Waals surface area contributed by atoms with Crippen LogP contribution in [0.1, 0.15) is 28.9 Å². The molecule has 0 spiro atoms. The molecule has 2 rings (SSSR count). The standard InChI is InChI=1S/C15H14F2N2O2/c1-9(10-3-5-11(21-2)6-4-10)19-15(20)12-7-8-18-14(17)13(12)16/h3-9H,1-2H3,(H,19,20). The average molecular weight is 292 g/mol. The molecule has 0 radical (unpaired) electrons. The smallest absolute Gasteiger partial charge is 0.254 e. The van der Waals surface area contributed by atoms with Crippen molar-refractivity contribution in [3.05, 3.63) is 59.4 Å². The summed E-state index contributed by atoms with van der Waals surface area (Å²) in [4.78, 5) is 15.1. The van der Waals surface area contributed by atoms with E-state index < -0.39 is 17.7 Å². The summed E-state index contributed by atoms with van der Waals surface area (Å²) in [6.45, 7) is 1.75. The van der Waals surface area contributed by atoms with Gasteiger partial charge in [-0.1, -0.05) is 12.1 Å². The lowest BCUT2D eigenvalue weighted by atomic mass is 10.1. The molecule has 1 amide bonds. The van der Waals surface area contributed by atoms with Crippen LogP contribution in [-0.2, 0) is 0 Å². The van der Waals surface area contributed by atoms with Crippen molar-refractivity contribution >= 4 is 5.91 Å². The average Bonchev–Trinajstić information content (AvgIpc) is 2.50. The molecule has 0 aliphatic rings. The number of methoxy groups -OCH3 is 1. The summed E-state index contributed by atoms with van der Waals surface area (Å²) in [5.74, 6) is -2.55. The Morgan fingerprint density at radius 3 is 2.52 bits per heavy atom. The largest absolute Gasteiger partial charge is 0.497 e. The third-order valence-electron chi connectivity index (χ3n) is 3.05. The summed E-state index contributed by atoms with van der Waals surface area (Å²) in [5.41, 5.74) is 0.446. The number of carbonyl (C=O) groups is 1. The first-order valence-corrected chi connectivity index (χ1v) is 6.27. The number of amides is 1. The molecule has 0 bridgehead atoms. The number of ether oxygens (including phenoxy) is 1. The summed E-state index contributed by atoms with van der Waals surface area (Å²) in [5, 5.41) is 2.60. The zero-order valence-corrected chi connectivity index (χ0v) is 11.6. The molecule has 1 N–H and O–H groups in total. The van der Waals surface area contributed by atoms with Gasteiger partial charge in [-0.15, -0.1) is 0 Å². The molecule has 1 atom stereocenters. The van der Waals surface area contributed by atoms with Crippen molar-refractivity contribution in [2.24, 2.45) is 0 Å². The Morgan fingerprint density at radius 2 is 1.90 bits per heavy atom. The summed E-state index contributed by atoms with van der Waals surface area (Å²) < 4.78 is 31.5. The van der Waals surface area contributed by atoms with Crippen molar-refractivity contribution in [1.29, 1.82) is 0 Å². The first-order chi connectivity index (χ1) is 10.0. The van der Waals surface area contributed by atoms with E-state index in [1.807, 2.05) is 0 Å². The van der Waals surface area contributed by atoms with E-state index in [1.165, 1.54) is 0 Å². The van der Waals surface area contributed by atoms with Gasteiger partial charge >= 0.3 is 0 Å². The molecule has 0 aliphatic heterocycles. The van der Waals surface area contributed by atoms with E-state index in [4.69, 9.17) is 4.74 Å². The van der Waals surface area contributed by atoms with Gasteiger partial charge in [0.25, 0.3) is 5.91 Å². The lowest BCUT2D eigenvalue weighted by molar-refractivity contribution is 0.0934. The number of carbonyl (C=O) groups excluding carboxylic acids is 1. The van der Waals surface area contributed by atoms with Crippen molar-refractivity contribution in [3.63, 3.8) is 0 Å². The summed E-state index contributed by atoms with van der Waals surface area (Å²) in [6.07, 6.45) is 1.05. The fraction of sp³-hybridized carbons (Fsp3) is 0.200. The highest BCUT2D eigenvalue weighted by atomic mass is 19.2. The fourth-order valence-corrected chi connectivity index (χ4v) is 1.84. The zero-order chi connectivity index (χ0) is 15.4. The number of nitrogens with zero attached hydrogens (tertiary/aromatic N) is 1. The third kappa shape index (κ3) is 3.34. The van der Waals surface area contributed by atoms with Gasteiger partial charge < -0.3 is 10.1 Å². The van der Waals surface area contributed by atoms with Crippen LogP contribution in [0.25, 0.3) is 0 Å². The van der Waals surface area contributed by atoms with E-state index in [9.17, 15) is 13.6 Å². The van der Waals surface area contributed by atoms with Crippen molar-refractivity contribution in [3.8, 4) is 5.75 Å². The SMILES string of the molecule is COc1ccc(C(C)NC(=O)c2ccnc(F)c2F)cc1. The molecule has 1 unspecified atom stereocenters.